The van der Waals surface area contributed by atoms with Gasteiger partial charge in [-0.1, -0.05) is 34.8 Å². The molecule has 0 aliphatic carbocycles. The van der Waals surface area contributed by atoms with Crippen LogP contribution in [0.4, 0.5) is 5.82 Å². The zero-order valence-electron chi connectivity index (χ0n) is 8.95. The van der Waals surface area contributed by atoms with Gasteiger partial charge in [-0.2, -0.15) is 0 Å². The van der Waals surface area contributed by atoms with Crippen molar-refractivity contribution in [3.63, 3.8) is 0 Å². The van der Waals surface area contributed by atoms with E-state index in [1.165, 1.54) is 12.3 Å². The van der Waals surface area contributed by atoms with Gasteiger partial charge in [0.05, 0.1) is 15.1 Å². The minimum Gasteiger partial charge on any atom is -0.384 e. The average Bonchev–Trinajstić information content (AvgIpc) is 2.36. The first-order chi connectivity index (χ1) is 8.54. The van der Waals surface area contributed by atoms with Gasteiger partial charge in [-0.05, 0) is 18.2 Å². The summed E-state index contributed by atoms with van der Waals surface area (Å²) in [7, 11) is 0. The summed E-state index contributed by atoms with van der Waals surface area (Å²) in [5.41, 5.74) is 6.85. The van der Waals surface area contributed by atoms with Crippen LogP contribution in [-0.2, 0) is 0 Å². The number of hydrogen-bond acceptors (Lipinski definition) is 3. The molecule has 2 aromatic rings. The number of carbonyl (C=O) groups is 1. The van der Waals surface area contributed by atoms with E-state index >= 15 is 0 Å². The third kappa shape index (κ3) is 2.29. The van der Waals surface area contributed by atoms with Crippen molar-refractivity contribution < 1.29 is 4.79 Å². The van der Waals surface area contributed by atoms with Crippen molar-refractivity contribution >= 4 is 46.9 Å². The quantitative estimate of drug-likeness (QED) is 0.671. The molecule has 6 heteroatoms. The van der Waals surface area contributed by atoms with Crippen LogP contribution in [0.2, 0.25) is 15.1 Å². The Morgan fingerprint density at radius 3 is 2.50 bits per heavy atom. The molecule has 3 nitrogen and oxygen atoms in total. The molecule has 0 spiro atoms. The lowest BCUT2D eigenvalue weighted by Gasteiger charge is -2.10. The lowest BCUT2D eigenvalue weighted by molar-refractivity contribution is 0.112. The third-order valence-corrected chi connectivity index (χ3v) is 3.52. The fourth-order valence-corrected chi connectivity index (χ4v) is 2.30. The summed E-state index contributed by atoms with van der Waals surface area (Å²) in [5, 5.41) is 1.02. The van der Waals surface area contributed by atoms with Crippen LogP contribution in [0.1, 0.15) is 10.4 Å². The molecule has 0 fully saturated rings. The van der Waals surface area contributed by atoms with Crippen LogP contribution < -0.4 is 5.73 Å². The Morgan fingerprint density at radius 1 is 1.17 bits per heavy atom. The highest BCUT2D eigenvalue weighted by Gasteiger charge is 2.15. The number of aromatic nitrogens is 1. The number of nitrogen functional groups attached to an aromatic ring is 1. The molecular weight excluding hydrogens is 295 g/mol. The molecule has 0 aliphatic rings. The minimum absolute atomic E-state index is 0.245. The highest BCUT2D eigenvalue weighted by atomic mass is 35.5. The maximum absolute atomic E-state index is 11.1. The van der Waals surface area contributed by atoms with Crippen LogP contribution in [-0.4, -0.2) is 11.3 Å². The molecule has 0 saturated heterocycles. The van der Waals surface area contributed by atoms with Crippen LogP contribution in [0, 0.1) is 0 Å². The molecule has 0 bridgehead atoms. The predicted molar refractivity (Wildman–Crippen MR) is 74.5 cm³/mol. The van der Waals surface area contributed by atoms with Crippen molar-refractivity contribution in [1.29, 1.82) is 0 Å². The van der Waals surface area contributed by atoms with Crippen molar-refractivity contribution in [3.05, 3.63) is 45.0 Å². The summed E-state index contributed by atoms with van der Waals surface area (Å²) in [6.07, 6.45) is 2.11. The first kappa shape index (κ1) is 13.1. The summed E-state index contributed by atoms with van der Waals surface area (Å²) in [6.45, 7) is 0. The number of carbonyl (C=O) groups excluding carboxylic acids is 1. The largest absolute Gasteiger partial charge is 0.384 e. The number of benzene rings is 1. The van der Waals surface area contributed by atoms with Gasteiger partial charge in [0.15, 0.2) is 6.29 Å². The van der Waals surface area contributed by atoms with E-state index in [4.69, 9.17) is 40.5 Å². The maximum atomic E-state index is 11.1. The topological polar surface area (TPSA) is 56.0 Å². The summed E-state index contributed by atoms with van der Waals surface area (Å²) < 4.78 is 0. The molecule has 0 atom stereocenters. The number of pyridine rings is 1. The molecule has 18 heavy (non-hydrogen) atoms. The molecule has 0 saturated carbocycles. The van der Waals surface area contributed by atoms with Gasteiger partial charge in [0, 0.05) is 22.9 Å². The molecule has 0 radical (unpaired) electrons. The van der Waals surface area contributed by atoms with Gasteiger partial charge in [-0.15, -0.1) is 0 Å². The summed E-state index contributed by atoms with van der Waals surface area (Å²) in [5.74, 6) is 0.245. The Kier molecular flexibility index (Phi) is 3.76. The van der Waals surface area contributed by atoms with E-state index in [9.17, 15) is 4.79 Å². The molecule has 0 unspecified atom stereocenters. The number of anilines is 1. The number of hydrogen-bond donors (Lipinski definition) is 1. The van der Waals surface area contributed by atoms with E-state index in [-0.39, 0.29) is 10.8 Å². The van der Waals surface area contributed by atoms with E-state index in [1.54, 1.807) is 12.1 Å². The van der Waals surface area contributed by atoms with Gasteiger partial charge in [0.25, 0.3) is 0 Å². The Labute approximate surface area is 118 Å². The summed E-state index contributed by atoms with van der Waals surface area (Å²) >= 11 is 18.1. The highest BCUT2D eigenvalue weighted by Crippen LogP contribution is 2.40. The van der Waals surface area contributed by atoms with E-state index in [0.717, 1.165) is 0 Å². The zero-order valence-corrected chi connectivity index (χ0v) is 11.2. The van der Waals surface area contributed by atoms with Gasteiger partial charge >= 0.3 is 0 Å². The third-order valence-electron chi connectivity index (χ3n) is 2.40. The predicted octanol–water partition coefficient (Wildman–Crippen LogP) is 4.10. The number of aldehydes is 1. The lowest BCUT2D eigenvalue weighted by Crippen LogP contribution is -1.96. The Morgan fingerprint density at radius 2 is 1.83 bits per heavy atom. The first-order valence-electron chi connectivity index (χ1n) is 4.89. The Balaban J connectivity index is 2.77. The number of halogens is 3. The standard InChI is InChI=1S/C12H7Cl3N2O/c13-8-1-2-9(14)12(15)11(8)7-4-17-10(16)3-6(7)5-18/h1-5H,(H2,16,17). The molecule has 0 amide bonds. The molecule has 1 heterocycles. The highest BCUT2D eigenvalue weighted by molar-refractivity contribution is 6.46. The van der Waals surface area contributed by atoms with Crippen LogP contribution >= 0.6 is 34.8 Å². The van der Waals surface area contributed by atoms with Gasteiger partial charge in [-0.25, -0.2) is 4.98 Å². The zero-order chi connectivity index (χ0) is 13.3. The average molecular weight is 302 g/mol. The maximum Gasteiger partial charge on any atom is 0.150 e. The number of nitrogens with zero attached hydrogens (tertiary/aromatic N) is 1. The second kappa shape index (κ2) is 5.14. The second-order valence-electron chi connectivity index (χ2n) is 3.53. The van der Waals surface area contributed by atoms with Gasteiger partial charge in [0.1, 0.15) is 5.82 Å². The number of rotatable bonds is 2. The van der Waals surface area contributed by atoms with Gasteiger partial charge in [0.2, 0.25) is 0 Å². The Bertz CT molecular complexity index is 629. The molecule has 1 aromatic heterocycles. The minimum atomic E-state index is 0.245. The molecule has 2 N–H and O–H groups in total. The number of nitrogens with two attached hydrogens (primary N) is 1. The summed E-state index contributed by atoms with van der Waals surface area (Å²) in [6, 6.07) is 4.65. The monoisotopic (exact) mass is 300 g/mol. The fraction of sp³-hybridized carbons (Fsp3) is 0. The van der Waals surface area contributed by atoms with Crippen molar-refractivity contribution in [1.82, 2.24) is 4.98 Å². The SMILES string of the molecule is Nc1cc(C=O)c(-c2c(Cl)ccc(Cl)c2Cl)cn1. The van der Waals surface area contributed by atoms with Crippen LogP contribution in [0.5, 0.6) is 0 Å². The van der Waals surface area contributed by atoms with Crippen LogP contribution in [0.25, 0.3) is 11.1 Å². The van der Waals surface area contributed by atoms with Crippen molar-refractivity contribution in [2.24, 2.45) is 0 Å². The van der Waals surface area contributed by atoms with E-state index in [2.05, 4.69) is 4.98 Å². The van der Waals surface area contributed by atoms with Crippen molar-refractivity contribution in [2.75, 3.05) is 5.73 Å². The Hall–Kier alpha value is -1.29. The van der Waals surface area contributed by atoms with E-state index < -0.39 is 0 Å². The van der Waals surface area contributed by atoms with Crippen LogP contribution in [0.3, 0.4) is 0 Å². The van der Waals surface area contributed by atoms with Gasteiger partial charge < -0.3 is 5.73 Å². The van der Waals surface area contributed by atoms with Crippen molar-refractivity contribution in [3.8, 4) is 11.1 Å². The fourth-order valence-electron chi connectivity index (χ4n) is 1.57. The molecular formula is C12H7Cl3N2O. The van der Waals surface area contributed by atoms with E-state index in [0.29, 0.717) is 33.0 Å². The summed E-state index contributed by atoms with van der Waals surface area (Å²) in [4.78, 5) is 15.0. The molecule has 2 rings (SSSR count). The van der Waals surface area contributed by atoms with Crippen molar-refractivity contribution in [2.45, 2.75) is 0 Å². The van der Waals surface area contributed by atoms with E-state index in [1.807, 2.05) is 0 Å². The second-order valence-corrected chi connectivity index (χ2v) is 4.72. The molecule has 92 valence electrons. The van der Waals surface area contributed by atoms with Crippen LogP contribution in [0.15, 0.2) is 24.4 Å². The molecule has 1 aromatic carbocycles. The smallest absolute Gasteiger partial charge is 0.150 e. The lowest BCUT2D eigenvalue weighted by atomic mass is 10.0. The molecule has 0 aliphatic heterocycles. The van der Waals surface area contributed by atoms with Gasteiger partial charge in [-0.3, -0.25) is 4.79 Å². The first-order valence-corrected chi connectivity index (χ1v) is 6.02. The normalized spacial score (nSPS) is 10.4.